The van der Waals surface area contributed by atoms with Crippen molar-refractivity contribution in [3.8, 4) is 5.75 Å². The van der Waals surface area contributed by atoms with Gasteiger partial charge in [-0.1, -0.05) is 0 Å². The molecule has 80 valence electrons. The lowest BCUT2D eigenvalue weighted by Crippen LogP contribution is -2.19. The number of aromatic nitrogens is 2. The van der Waals surface area contributed by atoms with Crippen LogP contribution in [0.25, 0.3) is 10.9 Å². The van der Waals surface area contributed by atoms with E-state index in [1.165, 1.54) is 0 Å². The Morgan fingerprint density at radius 1 is 1.40 bits per heavy atom. The Balaban J connectivity index is 2.02. The summed E-state index contributed by atoms with van der Waals surface area (Å²) in [6.45, 7) is 1.62. The molecule has 1 heterocycles. The Morgan fingerprint density at radius 3 is 3.07 bits per heavy atom. The van der Waals surface area contributed by atoms with Crippen LogP contribution in [-0.4, -0.2) is 42.3 Å². The molecule has 0 saturated carbocycles. The van der Waals surface area contributed by atoms with Crippen LogP contribution in [0.2, 0.25) is 0 Å². The number of benzene rings is 1. The molecule has 2 rings (SSSR count). The number of H-pyrrole nitrogens is 1. The molecule has 0 aliphatic carbocycles. The van der Waals surface area contributed by atoms with E-state index in [-0.39, 0.29) is 0 Å². The van der Waals surface area contributed by atoms with Crippen LogP contribution >= 0.6 is 0 Å². The van der Waals surface area contributed by atoms with Gasteiger partial charge in [0.15, 0.2) is 0 Å². The van der Waals surface area contributed by atoms with Gasteiger partial charge in [-0.2, -0.15) is 5.10 Å². The highest BCUT2D eigenvalue weighted by Gasteiger charge is 1.98. The predicted molar refractivity (Wildman–Crippen MR) is 60.1 cm³/mol. The number of hydrogen-bond donors (Lipinski definition) is 1. The number of rotatable bonds is 4. The molecule has 0 saturated heterocycles. The first-order chi connectivity index (χ1) is 7.25. The Morgan fingerprint density at radius 2 is 2.27 bits per heavy atom. The van der Waals surface area contributed by atoms with Crippen LogP contribution in [0, 0.1) is 0 Å². The average molecular weight is 205 g/mol. The number of aromatic amines is 1. The lowest BCUT2D eigenvalue weighted by molar-refractivity contribution is 0.261. The zero-order valence-electron chi connectivity index (χ0n) is 9.03. The Hall–Kier alpha value is -1.55. The SMILES string of the molecule is CN(C)CCOc1ccc2cn[nH]c2c1. The van der Waals surface area contributed by atoms with Crippen LogP contribution < -0.4 is 4.74 Å². The van der Waals surface area contributed by atoms with Crippen molar-refractivity contribution in [1.29, 1.82) is 0 Å². The fourth-order valence-corrected chi connectivity index (χ4v) is 1.35. The molecular weight excluding hydrogens is 190 g/mol. The van der Waals surface area contributed by atoms with Crippen molar-refractivity contribution in [2.75, 3.05) is 27.2 Å². The lowest BCUT2D eigenvalue weighted by atomic mass is 10.2. The van der Waals surface area contributed by atoms with Crippen molar-refractivity contribution in [1.82, 2.24) is 15.1 Å². The number of likely N-dealkylation sites (N-methyl/N-ethyl adjacent to an activating group) is 1. The topological polar surface area (TPSA) is 41.1 Å². The summed E-state index contributed by atoms with van der Waals surface area (Å²) in [5, 5.41) is 7.99. The van der Waals surface area contributed by atoms with Crippen molar-refractivity contribution in [2.24, 2.45) is 0 Å². The van der Waals surface area contributed by atoms with Gasteiger partial charge in [-0.15, -0.1) is 0 Å². The molecule has 0 fully saturated rings. The molecule has 2 aromatic rings. The third-order valence-corrected chi connectivity index (χ3v) is 2.22. The van der Waals surface area contributed by atoms with E-state index in [0.717, 1.165) is 23.2 Å². The molecule has 15 heavy (non-hydrogen) atoms. The van der Waals surface area contributed by atoms with Crippen molar-refractivity contribution >= 4 is 10.9 Å². The predicted octanol–water partition coefficient (Wildman–Crippen LogP) is 1.50. The van der Waals surface area contributed by atoms with Gasteiger partial charge in [0.25, 0.3) is 0 Å². The highest BCUT2D eigenvalue weighted by molar-refractivity contribution is 5.79. The van der Waals surface area contributed by atoms with Gasteiger partial charge in [0.1, 0.15) is 12.4 Å². The molecule has 1 aromatic heterocycles. The highest BCUT2D eigenvalue weighted by Crippen LogP contribution is 2.18. The largest absolute Gasteiger partial charge is 0.492 e. The van der Waals surface area contributed by atoms with Crippen LogP contribution in [0.1, 0.15) is 0 Å². The van der Waals surface area contributed by atoms with E-state index in [9.17, 15) is 0 Å². The third-order valence-electron chi connectivity index (χ3n) is 2.22. The summed E-state index contributed by atoms with van der Waals surface area (Å²) in [6, 6.07) is 5.94. The summed E-state index contributed by atoms with van der Waals surface area (Å²) in [6.07, 6.45) is 1.80. The Labute approximate surface area is 88.8 Å². The molecule has 0 unspecified atom stereocenters. The van der Waals surface area contributed by atoms with Gasteiger partial charge >= 0.3 is 0 Å². The highest BCUT2D eigenvalue weighted by atomic mass is 16.5. The van der Waals surface area contributed by atoms with Gasteiger partial charge in [0.05, 0.1) is 11.7 Å². The third kappa shape index (κ3) is 2.47. The first-order valence-corrected chi connectivity index (χ1v) is 4.96. The zero-order chi connectivity index (χ0) is 10.7. The van der Waals surface area contributed by atoms with Crippen molar-refractivity contribution < 1.29 is 4.74 Å². The second-order valence-electron chi connectivity index (χ2n) is 3.77. The summed E-state index contributed by atoms with van der Waals surface area (Å²) in [5.41, 5.74) is 1.01. The van der Waals surface area contributed by atoms with Crippen molar-refractivity contribution in [3.63, 3.8) is 0 Å². The van der Waals surface area contributed by atoms with E-state index in [4.69, 9.17) is 4.74 Å². The van der Waals surface area contributed by atoms with Crippen LogP contribution in [0.15, 0.2) is 24.4 Å². The molecule has 0 aliphatic heterocycles. The maximum absolute atomic E-state index is 5.60. The Kier molecular flexibility index (Phi) is 2.87. The quantitative estimate of drug-likeness (QED) is 0.822. The zero-order valence-corrected chi connectivity index (χ0v) is 9.03. The van der Waals surface area contributed by atoms with Gasteiger partial charge < -0.3 is 9.64 Å². The first kappa shape index (κ1) is 9.98. The van der Waals surface area contributed by atoms with Crippen LogP contribution in [0.4, 0.5) is 0 Å². The molecule has 4 nitrogen and oxygen atoms in total. The fourth-order valence-electron chi connectivity index (χ4n) is 1.35. The molecule has 0 bridgehead atoms. The smallest absolute Gasteiger partial charge is 0.121 e. The van der Waals surface area contributed by atoms with Crippen LogP contribution in [-0.2, 0) is 0 Å². The minimum Gasteiger partial charge on any atom is -0.492 e. The van der Waals surface area contributed by atoms with Gasteiger partial charge in [0.2, 0.25) is 0 Å². The number of fused-ring (bicyclic) bond motifs is 1. The van der Waals surface area contributed by atoms with E-state index in [1.54, 1.807) is 6.20 Å². The minimum atomic E-state index is 0.701. The van der Waals surface area contributed by atoms with E-state index < -0.39 is 0 Å². The molecule has 0 aliphatic rings. The van der Waals surface area contributed by atoms with Crippen LogP contribution in [0.5, 0.6) is 5.75 Å². The normalized spacial score (nSPS) is 11.1. The number of ether oxygens (including phenoxy) is 1. The standard InChI is InChI=1S/C11H15N3O/c1-14(2)5-6-15-10-4-3-9-8-12-13-11(9)7-10/h3-4,7-8H,5-6H2,1-2H3,(H,12,13). The van der Waals surface area contributed by atoms with Crippen molar-refractivity contribution in [3.05, 3.63) is 24.4 Å². The second kappa shape index (κ2) is 4.31. The minimum absolute atomic E-state index is 0.701. The van der Waals surface area contributed by atoms with E-state index in [0.29, 0.717) is 6.61 Å². The average Bonchev–Trinajstić information content (AvgIpc) is 2.64. The molecule has 1 aromatic carbocycles. The molecule has 1 N–H and O–H groups in total. The van der Waals surface area contributed by atoms with E-state index >= 15 is 0 Å². The molecule has 0 spiro atoms. The molecule has 0 amide bonds. The lowest BCUT2D eigenvalue weighted by Gasteiger charge is -2.10. The molecular formula is C11H15N3O. The van der Waals surface area contributed by atoms with Gasteiger partial charge in [-0.25, -0.2) is 0 Å². The van der Waals surface area contributed by atoms with Gasteiger partial charge in [-0.05, 0) is 26.2 Å². The number of hydrogen-bond acceptors (Lipinski definition) is 3. The number of nitrogens with zero attached hydrogens (tertiary/aromatic N) is 2. The monoisotopic (exact) mass is 205 g/mol. The summed E-state index contributed by atoms with van der Waals surface area (Å²) in [7, 11) is 4.06. The van der Waals surface area contributed by atoms with E-state index in [2.05, 4.69) is 15.1 Å². The second-order valence-corrected chi connectivity index (χ2v) is 3.77. The Bertz CT molecular complexity index is 436. The van der Waals surface area contributed by atoms with E-state index in [1.807, 2.05) is 32.3 Å². The number of nitrogens with one attached hydrogen (secondary N) is 1. The molecule has 0 atom stereocenters. The summed E-state index contributed by atoms with van der Waals surface area (Å²) in [4.78, 5) is 2.09. The van der Waals surface area contributed by atoms with Gasteiger partial charge in [-0.3, -0.25) is 5.10 Å². The van der Waals surface area contributed by atoms with Gasteiger partial charge in [0, 0.05) is 18.0 Å². The van der Waals surface area contributed by atoms with Crippen molar-refractivity contribution in [2.45, 2.75) is 0 Å². The molecule has 0 radical (unpaired) electrons. The fraction of sp³-hybridized carbons (Fsp3) is 0.364. The summed E-state index contributed by atoms with van der Waals surface area (Å²) < 4.78 is 5.60. The maximum atomic E-state index is 5.60. The first-order valence-electron chi connectivity index (χ1n) is 4.96. The summed E-state index contributed by atoms with van der Waals surface area (Å²) in [5.74, 6) is 0.883. The summed E-state index contributed by atoms with van der Waals surface area (Å²) >= 11 is 0. The van der Waals surface area contributed by atoms with Crippen LogP contribution in [0.3, 0.4) is 0 Å². The maximum Gasteiger partial charge on any atom is 0.121 e. The molecule has 4 heteroatoms.